The summed E-state index contributed by atoms with van der Waals surface area (Å²) >= 11 is 3.74. The second kappa shape index (κ2) is 8.23. The third-order valence-electron chi connectivity index (χ3n) is 7.19. The molecule has 5 heteroatoms. The average Bonchev–Trinajstić information content (AvgIpc) is 3.16. The van der Waals surface area contributed by atoms with Crippen molar-refractivity contribution in [2.24, 2.45) is 11.8 Å². The highest BCUT2D eigenvalue weighted by atomic mass is 32.2. The average molecular weight is 420 g/mol. The number of rotatable bonds is 9. The van der Waals surface area contributed by atoms with Gasteiger partial charge in [-0.2, -0.15) is 0 Å². The molecule has 4 rings (SSSR count). The van der Waals surface area contributed by atoms with Gasteiger partial charge in [-0.05, 0) is 37.3 Å². The van der Waals surface area contributed by atoms with E-state index in [1.807, 2.05) is 29.6 Å². The van der Waals surface area contributed by atoms with Crippen LogP contribution in [0.2, 0.25) is 0 Å². The molecule has 2 heterocycles. The predicted octanol–water partition coefficient (Wildman–Crippen LogP) is 5.72. The van der Waals surface area contributed by atoms with Gasteiger partial charge in [-0.15, -0.1) is 23.5 Å². The number of thioether (sulfide) groups is 2. The number of unbranched alkanes of at least 4 members (excludes halogenated alkanes) is 4. The molecule has 2 aliphatic heterocycles. The smallest absolute Gasteiger partial charge is 0.231 e. The summed E-state index contributed by atoms with van der Waals surface area (Å²) in [6, 6.07) is 10.6. The van der Waals surface area contributed by atoms with E-state index in [9.17, 15) is 4.79 Å². The largest absolute Gasteiger partial charge is 0.353 e. The van der Waals surface area contributed by atoms with Crippen molar-refractivity contribution in [1.82, 2.24) is 4.90 Å². The van der Waals surface area contributed by atoms with Gasteiger partial charge in [0, 0.05) is 5.92 Å². The van der Waals surface area contributed by atoms with Gasteiger partial charge in [-0.3, -0.25) is 4.79 Å². The standard InChI is InChI=1S/C23H33NO2S2/c1-4-5-6-7-11-14-22-18-15-23(27-2,28-3)20(18)21(25)24(22)19(16-26-22)17-12-9-8-10-13-17/h8-10,12-13,18-20H,4-7,11,14-16H2,1-3H3/t18-,19-,20+,22-/m1/s1. The van der Waals surface area contributed by atoms with Gasteiger partial charge < -0.3 is 9.64 Å². The summed E-state index contributed by atoms with van der Waals surface area (Å²) in [5, 5.41) is 0. The highest BCUT2D eigenvalue weighted by Crippen LogP contribution is 2.69. The van der Waals surface area contributed by atoms with Crippen LogP contribution < -0.4 is 0 Å². The first-order chi connectivity index (χ1) is 13.6. The van der Waals surface area contributed by atoms with Crippen molar-refractivity contribution in [3.05, 3.63) is 35.9 Å². The highest BCUT2D eigenvalue weighted by Gasteiger charge is 2.74. The molecular weight excluding hydrogens is 386 g/mol. The molecule has 3 fully saturated rings. The van der Waals surface area contributed by atoms with E-state index in [-0.39, 0.29) is 21.8 Å². The molecule has 0 N–H and O–H groups in total. The van der Waals surface area contributed by atoms with Crippen LogP contribution >= 0.6 is 23.5 Å². The van der Waals surface area contributed by atoms with Gasteiger partial charge in [0.15, 0.2) is 0 Å². The van der Waals surface area contributed by atoms with Gasteiger partial charge >= 0.3 is 0 Å². The van der Waals surface area contributed by atoms with Crippen LogP contribution in [-0.4, -0.2) is 39.7 Å². The molecule has 154 valence electrons. The number of carbonyl (C=O) groups is 1. The number of amides is 1. The molecule has 1 amide bonds. The first kappa shape index (κ1) is 20.6. The first-order valence-corrected chi connectivity index (χ1v) is 13.2. The third kappa shape index (κ3) is 3.04. The summed E-state index contributed by atoms with van der Waals surface area (Å²) in [6.45, 7) is 2.89. The van der Waals surface area contributed by atoms with Gasteiger partial charge in [0.1, 0.15) is 5.72 Å². The fourth-order valence-corrected chi connectivity index (χ4v) is 8.07. The van der Waals surface area contributed by atoms with Gasteiger partial charge in [0.25, 0.3) is 0 Å². The Kier molecular flexibility index (Phi) is 6.06. The molecule has 0 bridgehead atoms. The van der Waals surface area contributed by atoms with Crippen LogP contribution in [-0.2, 0) is 9.53 Å². The molecule has 1 aliphatic carbocycles. The van der Waals surface area contributed by atoms with Gasteiger partial charge in [0.2, 0.25) is 5.91 Å². The number of ether oxygens (including phenoxy) is 1. The van der Waals surface area contributed by atoms with Crippen LogP contribution in [0.4, 0.5) is 0 Å². The second-order valence-corrected chi connectivity index (χ2v) is 11.0. The van der Waals surface area contributed by atoms with Crippen LogP contribution in [0.25, 0.3) is 0 Å². The minimum atomic E-state index is -0.372. The molecule has 0 aromatic heterocycles. The Morgan fingerprint density at radius 2 is 1.82 bits per heavy atom. The lowest BCUT2D eigenvalue weighted by Gasteiger charge is -2.52. The van der Waals surface area contributed by atoms with Crippen LogP contribution in [0.15, 0.2) is 30.3 Å². The van der Waals surface area contributed by atoms with Crippen LogP contribution in [0.1, 0.15) is 63.5 Å². The van der Waals surface area contributed by atoms with E-state index in [0.717, 1.165) is 19.3 Å². The Morgan fingerprint density at radius 1 is 1.11 bits per heavy atom. The quantitative estimate of drug-likeness (QED) is 0.378. The molecule has 1 saturated carbocycles. The zero-order valence-electron chi connectivity index (χ0n) is 17.4. The van der Waals surface area contributed by atoms with E-state index < -0.39 is 0 Å². The van der Waals surface area contributed by atoms with Crippen molar-refractivity contribution in [2.75, 3.05) is 19.1 Å². The second-order valence-electron chi connectivity index (χ2n) is 8.46. The van der Waals surface area contributed by atoms with Crippen molar-refractivity contribution >= 4 is 29.4 Å². The number of fused-ring (bicyclic) bond motifs is 3. The Morgan fingerprint density at radius 3 is 2.50 bits per heavy atom. The summed E-state index contributed by atoms with van der Waals surface area (Å²) < 4.78 is 6.64. The molecule has 0 unspecified atom stereocenters. The molecule has 4 atom stereocenters. The van der Waals surface area contributed by atoms with E-state index in [1.54, 1.807) is 0 Å². The van der Waals surface area contributed by atoms with Crippen molar-refractivity contribution in [1.29, 1.82) is 0 Å². The lowest BCUT2D eigenvalue weighted by atomic mass is 9.68. The Hall–Kier alpha value is -0.650. The minimum absolute atomic E-state index is 0.0336. The molecule has 3 aliphatic rings. The van der Waals surface area contributed by atoms with E-state index in [4.69, 9.17) is 4.74 Å². The van der Waals surface area contributed by atoms with Gasteiger partial charge in [0.05, 0.1) is 22.6 Å². The summed E-state index contributed by atoms with van der Waals surface area (Å²) in [5.74, 6) is 0.777. The van der Waals surface area contributed by atoms with Gasteiger partial charge in [-0.25, -0.2) is 0 Å². The molecule has 0 spiro atoms. The monoisotopic (exact) mass is 419 g/mol. The van der Waals surface area contributed by atoms with E-state index in [2.05, 4.69) is 48.6 Å². The summed E-state index contributed by atoms with van der Waals surface area (Å²) in [6.07, 6.45) is 12.6. The molecule has 3 nitrogen and oxygen atoms in total. The molecule has 1 aromatic carbocycles. The topological polar surface area (TPSA) is 29.5 Å². The molecule has 1 aromatic rings. The number of nitrogens with zero attached hydrogens (tertiary/aromatic N) is 1. The Labute approximate surface area is 178 Å². The van der Waals surface area contributed by atoms with Crippen molar-refractivity contribution in [2.45, 2.75) is 67.7 Å². The first-order valence-electron chi connectivity index (χ1n) is 10.8. The molecule has 28 heavy (non-hydrogen) atoms. The number of hydrogen-bond acceptors (Lipinski definition) is 4. The normalized spacial score (nSPS) is 32.9. The maximum absolute atomic E-state index is 13.7. The van der Waals surface area contributed by atoms with Gasteiger partial charge in [-0.1, -0.05) is 62.9 Å². The molecule has 2 saturated heterocycles. The lowest BCUT2D eigenvalue weighted by Crippen LogP contribution is -2.55. The Bertz CT molecular complexity index is 693. The van der Waals surface area contributed by atoms with Crippen molar-refractivity contribution < 1.29 is 9.53 Å². The Balaban J connectivity index is 1.61. The fraction of sp³-hybridized carbons (Fsp3) is 0.696. The van der Waals surface area contributed by atoms with Crippen LogP contribution in [0, 0.1) is 11.8 Å². The predicted molar refractivity (Wildman–Crippen MR) is 119 cm³/mol. The van der Waals surface area contributed by atoms with E-state index in [1.165, 1.54) is 31.2 Å². The number of benzene rings is 1. The highest BCUT2D eigenvalue weighted by molar-refractivity contribution is 8.17. The van der Waals surface area contributed by atoms with E-state index >= 15 is 0 Å². The summed E-state index contributed by atoms with van der Waals surface area (Å²) in [4.78, 5) is 15.9. The zero-order valence-corrected chi connectivity index (χ0v) is 19.0. The van der Waals surface area contributed by atoms with E-state index in [0.29, 0.717) is 18.4 Å². The zero-order chi connectivity index (χ0) is 19.8. The maximum atomic E-state index is 13.7. The lowest BCUT2D eigenvalue weighted by molar-refractivity contribution is -0.142. The number of carbonyl (C=O) groups excluding carboxylic acids is 1. The maximum Gasteiger partial charge on any atom is 0.231 e. The van der Waals surface area contributed by atoms with Crippen LogP contribution in [0.5, 0.6) is 0 Å². The fourth-order valence-electron chi connectivity index (χ4n) is 5.67. The third-order valence-corrected chi connectivity index (χ3v) is 10.4. The van der Waals surface area contributed by atoms with Crippen molar-refractivity contribution in [3.63, 3.8) is 0 Å². The van der Waals surface area contributed by atoms with Crippen molar-refractivity contribution in [3.8, 4) is 0 Å². The SMILES string of the molecule is CCCCCCC[C@]12OC[C@H](c3ccccc3)N1C(=O)[C@@H]1[C@H]2CC1(SC)SC. The summed E-state index contributed by atoms with van der Waals surface area (Å²) in [5.41, 5.74) is 0.840. The minimum Gasteiger partial charge on any atom is -0.353 e. The number of hydrogen-bond donors (Lipinski definition) is 0. The summed E-state index contributed by atoms with van der Waals surface area (Å²) in [7, 11) is 0. The molecule has 0 radical (unpaired) electrons. The van der Waals surface area contributed by atoms with Crippen LogP contribution in [0.3, 0.4) is 0 Å². The molecular formula is C23H33NO2S2.